The first-order valence-corrected chi connectivity index (χ1v) is 11.1. The molecule has 0 atom stereocenters. The monoisotopic (exact) mass is 407 g/mol. The standard InChI is InChI=1S/C19H25N3O5S/c1-4-27-18-13(17(23)14-12-20-22(2)19(14)24)8-9-15(26-3)16(18)21-28(25)10-6-5-7-11-28/h8-9,12,20H,4-7,10-11H2,1-3H3. The van der Waals surface area contributed by atoms with Crippen LogP contribution >= 0.6 is 0 Å². The van der Waals surface area contributed by atoms with Crippen LogP contribution in [0.2, 0.25) is 0 Å². The van der Waals surface area contributed by atoms with Crippen LogP contribution < -0.4 is 15.0 Å². The molecular formula is C19H25N3O5S. The van der Waals surface area contributed by atoms with Gasteiger partial charge in [-0.3, -0.25) is 14.3 Å². The minimum atomic E-state index is -2.45. The maximum atomic E-state index is 13.2. The zero-order chi connectivity index (χ0) is 20.3. The molecule has 1 saturated heterocycles. The van der Waals surface area contributed by atoms with E-state index >= 15 is 0 Å². The number of methoxy groups -OCH3 is 1. The molecule has 8 nitrogen and oxygen atoms in total. The zero-order valence-corrected chi connectivity index (χ0v) is 17.1. The van der Waals surface area contributed by atoms with Crippen LogP contribution in [0.15, 0.2) is 27.5 Å². The van der Waals surface area contributed by atoms with Crippen molar-refractivity contribution in [3.63, 3.8) is 0 Å². The summed E-state index contributed by atoms with van der Waals surface area (Å²) in [5, 5.41) is 2.70. The third-order valence-electron chi connectivity index (χ3n) is 4.71. The SMILES string of the molecule is CCOc1c(C(=O)c2c[nH]n(C)c2=O)ccc(OC)c1N=S1(=O)CCCCC1. The predicted molar refractivity (Wildman–Crippen MR) is 107 cm³/mol. The van der Waals surface area contributed by atoms with Crippen molar-refractivity contribution in [1.82, 2.24) is 9.78 Å². The Morgan fingerprint density at radius 3 is 2.54 bits per heavy atom. The lowest BCUT2D eigenvalue weighted by Crippen LogP contribution is -2.20. The van der Waals surface area contributed by atoms with E-state index in [9.17, 15) is 13.8 Å². The average molecular weight is 407 g/mol. The second kappa shape index (κ2) is 8.22. The Morgan fingerprint density at radius 1 is 1.25 bits per heavy atom. The topological polar surface area (TPSA) is 103 Å². The molecule has 1 aliphatic heterocycles. The van der Waals surface area contributed by atoms with Gasteiger partial charge in [0.15, 0.2) is 11.4 Å². The Kier molecular flexibility index (Phi) is 5.93. The van der Waals surface area contributed by atoms with Crippen molar-refractivity contribution < 1.29 is 18.5 Å². The number of hydrogen-bond acceptors (Lipinski definition) is 6. The molecule has 0 amide bonds. The Bertz CT molecular complexity index is 1050. The molecule has 2 heterocycles. The van der Waals surface area contributed by atoms with Crippen LogP contribution in [-0.2, 0) is 16.8 Å². The predicted octanol–water partition coefficient (Wildman–Crippen LogP) is 2.64. The van der Waals surface area contributed by atoms with E-state index in [1.807, 2.05) is 0 Å². The second-order valence-corrected chi connectivity index (χ2v) is 9.18. The van der Waals surface area contributed by atoms with E-state index in [0.717, 1.165) is 19.3 Å². The first-order valence-electron chi connectivity index (χ1n) is 9.25. The number of H-pyrrole nitrogens is 1. The summed E-state index contributed by atoms with van der Waals surface area (Å²) in [6, 6.07) is 3.14. The smallest absolute Gasteiger partial charge is 0.277 e. The number of hydrogen-bond donors (Lipinski definition) is 1. The van der Waals surface area contributed by atoms with E-state index in [4.69, 9.17) is 9.47 Å². The van der Waals surface area contributed by atoms with Gasteiger partial charge in [-0.05, 0) is 31.9 Å². The molecule has 1 N–H and O–H groups in total. The molecule has 1 aliphatic rings. The molecule has 0 saturated carbocycles. The number of aromatic amines is 1. The third kappa shape index (κ3) is 3.84. The van der Waals surface area contributed by atoms with Crippen LogP contribution in [0.25, 0.3) is 0 Å². The number of ketones is 1. The Morgan fingerprint density at radius 2 is 1.96 bits per heavy atom. The van der Waals surface area contributed by atoms with E-state index in [1.54, 1.807) is 19.1 Å². The summed E-state index contributed by atoms with van der Waals surface area (Å²) in [5.74, 6) is 1.12. The Balaban J connectivity index is 2.21. The van der Waals surface area contributed by atoms with Crippen LogP contribution in [-0.4, -0.2) is 45.0 Å². The van der Waals surface area contributed by atoms with Gasteiger partial charge in [0.2, 0.25) is 5.78 Å². The van der Waals surface area contributed by atoms with Gasteiger partial charge in [-0.2, -0.15) is 4.36 Å². The quantitative estimate of drug-likeness (QED) is 0.742. The average Bonchev–Trinajstić information content (AvgIpc) is 3.01. The minimum Gasteiger partial charge on any atom is -0.494 e. The number of rotatable bonds is 6. The van der Waals surface area contributed by atoms with E-state index in [2.05, 4.69) is 9.46 Å². The normalized spacial score (nSPS) is 15.8. The van der Waals surface area contributed by atoms with Crippen LogP contribution in [0.5, 0.6) is 11.5 Å². The highest BCUT2D eigenvalue weighted by molar-refractivity contribution is 7.93. The van der Waals surface area contributed by atoms with Gasteiger partial charge in [0.05, 0.1) is 29.0 Å². The fourth-order valence-corrected chi connectivity index (χ4v) is 5.44. The van der Waals surface area contributed by atoms with Gasteiger partial charge in [-0.25, -0.2) is 4.21 Å². The van der Waals surface area contributed by atoms with E-state index < -0.39 is 21.1 Å². The molecule has 0 spiro atoms. The molecule has 2 aromatic rings. The maximum Gasteiger partial charge on any atom is 0.277 e. The summed E-state index contributed by atoms with van der Waals surface area (Å²) in [7, 11) is 0.574. The maximum absolute atomic E-state index is 13.2. The summed E-state index contributed by atoms with van der Waals surface area (Å²) in [6.07, 6.45) is 4.11. The number of aryl methyl sites for hydroxylation is 1. The lowest BCUT2D eigenvalue weighted by Gasteiger charge is -2.19. The lowest BCUT2D eigenvalue weighted by molar-refractivity contribution is 0.103. The van der Waals surface area contributed by atoms with Crippen molar-refractivity contribution in [3.8, 4) is 11.5 Å². The minimum absolute atomic E-state index is 0.00131. The molecule has 0 bridgehead atoms. The number of aromatic nitrogens is 2. The molecule has 1 aromatic carbocycles. The fourth-order valence-electron chi connectivity index (χ4n) is 3.24. The fraction of sp³-hybridized carbons (Fsp3) is 0.474. The summed E-state index contributed by atoms with van der Waals surface area (Å²) in [6.45, 7) is 2.07. The van der Waals surface area contributed by atoms with Crippen molar-refractivity contribution in [3.05, 3.63) is 39.8 Å². The van der Waals surface area contributed by atoms with Gasteiger partial charge in [0.25, 0.3) is 5.56 Å². The van der Waals surface area contributed by atoms with Crippen LogP contribution in [0.1, 0.15) is 42.1 Å². The molecule has 0 unspecified atom stereocenters. The summed E-state index contributed by atoms with van der Waals surface area (Å²) < 4.78 is 30.1. The molecule has 152 valence electrons. The van der Waals surface area contributed by atoms with Crippen molar-refractivity contribution in [2.75, 3.05) is 25.2 Å². The van der Waals surface area contributed by atoms with Gasteiger partial charge in [-0.15, -0.1) is 0 Å². The van der Waals surface area contributed by atoms with Crippen molar-refractivity contribution in [2.24, 2.45) is 11.4 Å². The Labute approximate surface area is 164 Å². The van der Waals surface area contributed by atoms with Gasteiger partial charge in [-0.1, -0.05) is 6.42 Å². The number of nitrogens with zero attached hydrogens (tertiary/aromatic N) is 2. The largest absolute Gasteiger partial charge is 0.494 e. The van der Waals surface area contributed by atoms with Crippen LogP contribution in [0.4, 0.5) is 5.69 Å². The van der Waals surface area contributed by atoms with Gasteiger partial charge in [0, 0.05) is 24.8 Å². The van der Waals surface area contributed by atoms with Crippen LogP contribution in [0, 0.1) is 0 Å². The highest BCUT2D eigenvalue weighted by Gasteiger charge is 2.25. The Hall–Kier alpha value is -2.55. The first kappa shape index (κ1) is 20.2. The zero-order valence-electron chi connectivity index (χ0n) is 16.3. The molecule has 1 fully saturated rings. The van der Waals surface area contributed by atoms with Gasteiger partial charge in [0.1, 0.15) is 11.3 Å². The van der Waals surface area contributed by atoms with E-state index in [0.29, 0.717) is 17.3 Å². The third-order valence-corrected chi connectivity index (χ3v) is 7.08. The number of carbonyl (C=O) groups excluding carboxylic acids is 1. The lowest BCUT2D eigenvalue weighted by atomic mass is 10.0. The van der Waals surface area contributed by atoms with Crippen molar-refractivity contribution >= 4 is 21.2 Å². The number of ether oxygens (including phenoxy) is 2. The highest BCUT2D eigenvalue weighted by atomic mass is 32.2. The van der Waals surface area contributed by atoms with Crippen molar-refractivity contribution in [1.29, 1.82) is 0 Å². The highest BCUT2D eigenvalue weighted by Crippen LogP contribution is 2.42. The molecule has 3 rings (SSSR count). The summed E-state index contributed by atoms with van der Waals surface area (Å²) in [4.78, 5) is 25.2. The van der Waals surface area contributed by atoms with Gasteiger partial charge >= 0.3 is 0 Å². The van der Waals surface area contributed by atoms with Crippen molar-refractivity contribution in [2.45, 2.75) is 26.2 Å². The van der Waals surface area contributed by atoms with Gasteiger partial charge < -0.3 is 14.6 Å². The van der Waals surface area contributed by atoms with E-state index in [-0.39, 0.29) is 29.2 Å². The van der Waals surface area contributed by atoms with Crippen LogP contribution in [0.3, 0.4) is 0 Å². The molecule has 9 heteroatoms. The first-order chi connectivity index (χ1) is 13.4. The number of carbonyl (C=O) groups is 1. The molecule has 1 aromatic heterocycles. The van der Waals surface area contributed by atoms with E-state index in [1.165, 1.54) is 25.0 Å². The number of benzene rings is 1. The number of nitrogens with one attached hydrogen (secondary N) is 1. The summed E-state index contributed by atoms with van der Waals surface area (Å²) >= 11 is 0. The molecular weight excluding hydrogens is 382 g/mol. The molecule has 28 heavy (non-hydrogen) atoms. The molecule has 0 radical (unpaired) electrons. The molecule has 0 aliphatic carbocycles. The second-order valence-electron chi connectivity index (χ2n) is 6.64. The summed E-state index contributed by atoms with van der Waals surface area (Å²) in [5.41, 5.74) is 0.0349.